The molecule has 0 bridgehead atoms. The van der Waals surface area contributed by atoms with E-state index >= 15 is 0 Å². The molecule has 0 heterocycles. The number of benzene rings is 1. The first-order chi connectivity index (χ1) is 6.15. The molecule has 68 valence electrons. The van der Waals surface area contributed by atoms with E-state index in [4.69, 9.17) is 17.3 Å². The topological polar surface area (TPSA) is 26.0 Å². The van der Waals surface area contributed by atoms with Gasteiger partial charge in [-0.2, -0.15) is 0 Å². The number of halogens is 1. The zero-order valence-corrected chi connectivity index (χ0v) is 8.31. The molecule has 1 aromatic carbocycles. The molecular weight excluding hydrogens is 182 g/mol. The molecule has 2 N–H and O–H groups in total. The maximum absolute atomic E-state index is 5.77. The van der Waals surface area contributed by atoms with Crippen molar-refractivity contribution in [1.82, 2.24) is 0 Å². The smallest absolute Gasteiger partial charge is 0.0406 e. The predicted molar refractivity (Wildman–Crippen MR) is 58.4 cm³/mol. The molecule has 0 saturated heterocycles. The molecule has 1 nitrogen and oxygen atoms in total. The van der Waals surface area contributed by atoms with Gasteiger partial charge < -0.3 is 5.73 Å². The Kier molecular flexibility index (Phi) is 3.15. The Hall–Kier alpha value is -1.21. The van der Waals surface area contributed by atoms with Crippen LogP contribution in [0.2, 0.25) is 5.02 Å². The van der Waals surface area contributed by atoms with Crippen molar-refractivity contribution in [2.75, 3.05) is 0 Å². The van der Waals surface area contributed by atoms with Crippen molar-refractivity contribution < 1.29 is 0 Å². The molecule has 2 heteroatoms. The summed E-state index contributed by atoms with van der Waals surface area (Å²) in [6.45, 7) is 5.56. The van der Waals surface area contributed by atoms with E-state index in [2.05, 4.69) is 6.58 Å². The third-order valence-corrected chi connectivity index (χ3v) is 2.04. The Labute approximate surface area is 83.5 Å². The summed E-state index contributed by atoms with van der Waals surface area (Å²) < 4.78 is 0. The van der Waals surface area contributed by atoms with Crippen molar-refractivity contribution in [2.24, 2.45) is 5.73 Å². The molecule has 0 aliphatic heterocycles. The monoisotopic (exact) mass is 193 g/mol. The minimum atomic E-state index is 0.724. The lowest BCUT2D eigenvalue weighted by Gasteiger charge is -2.04. The van der Waals surface area contributed by atoms with Gasteiger partial charge in [-0.1, -0.05) is 36.4 Å². The average molecular weight is 194 g/mol. The Morgan fingerprint density at radius 1 is 1.38 bits per heavy atom. The van der Waals surface area contributed by atoms with Crippen molar-refractivity contribution in [3.63, 3.8) is 0 Å². The van der Waals surface area contributed by atoms with Crippen molar-refractivity contribution in [1.29, 1.82) is 0 Å². The van der Waals surface area contributed by atoms with Crippen molar-refractivity contribution in [3.8, 4) is 0 Å². The third kappa shape index (κ3) is 2.36. The van der Waals surface area contributed by atoms with Crippen molar-refractivity contribution in [2.45, 2.75) is 6.92 Å². The largest absolute Gasteiger partial charge is 0.402 e. The van der Waals surface area contributed by atoms with E-state index in [1.807, 2.05) is 31.2 Å². The van der Waals surface area contributed by atoms with Gasteiger partial charge in [0.1, 0.15) is 0 Å². The molecule has 0 aromatic heterocycles. The van der Waals surface area contributed by atoms with Crippen LogP contribution in [0, 0.1) is 0 Å². The van der Waals surface area contributed by atoms with Crippen LogP contribution in [0.5, 0.6) is 0 Å². The molecule has 13 heavy (non-hydrogen) atoms. The van der Waals surface area contributed by atoms with Crippen molar-refractivity contribution >= 4 is 17.2 Å². The lowest BCUT2D eigenvalue weighted by Crippen LogP contribution is -1.95. The second-order valence-electron chi connectivity index (χ2n) is 2.81. The number of nitrogens with two attached hydrogens (primary N) is 1. The molecule has 0 spiro atoms. The molecule has 0 aliphatic carbocycles. The van der Waals surface area contributed by atoms with Crippen LogP contribution < -0.4 is 5.73 Å². The highest BCUT2D eigenvalue weighted by atomic mass is 35.5. The summed E-state index contributed by atoms with van der Waals surface area (Å²) in [4.78, 5) is 0. The first-order valence-electron chi connectivity index (χ1n) is 4.00. The quantitative estimate of drug-likeness (QED) is 0.718. The predicted octanol–water partition coefficient (Wildman–Crippen LogP) is 3.22. The first-order valence-corrected chi connectivity index (χ1v) is 4.37. The maximum atomic E-state index is 5.77. The van der Waals surface area contributed by atoms with Gasteiger partial charge in [0.05, 0.1) is 0 Å². The molecule has 0 radical (unpaired) electrons. The molecule has 0 amide bonds. The second kappa shape index (κ2) is 4.15. The molecular formula is C11H12ClN. The van der Waals surface area contributed by atoms with E-state index in [1.54, 1.807) is 6.08 Å². The third-order valence-electron chi connectivity index (χ3n) is 1.78. The fourth-order valence-corrected chi connectivity index (χ4v) is 1.26. The Morgan fingerprint density at radius 3 is 2.31 bits per heavy atom. The van der Waals surface area contributed by atoms with Crippen LogP contribution in [0.4, 0.5) is 0 Å². The fraction of sp³-hybridized carbons (Fsp3) is 0.0909. The van der Waals surface area contributed by atoms with Gasteiger partial charge in [0.2, 0.25) is 0 Å². The maximum Gasteiger partial charge on any atom is 0.0406 e. The summed E-state index contributed by atoms with van der Waals surface area (Å²) >= 11 is 5.77. The summed E-state index contributed by atoms with van der Waals surface area (Å²) in [6.07, 6.45) is 1.75. The van der Waals surface area contributed by atoms with Crippen molar-refractivity contribution in [3.05, 3.63) is 53.2 Å². The van der Waals surface area contributed by atoms with Gasteiger partial charge in [-0.15, -0.1) is 0 Å². The molecule has 1 aromatic rings. The van der Waals surface area contributed by atoms with Gasteiger partial charge in [0.25, 0.3) is 0 Å². The lowest BCUT2D eigenvalue weighted by molar-refractivity contribution is 1.32. The van der Waals surface area contributed by atoms with Crippen LogP contribution in [-0.2, 0) is 0 Å². The minimum Gasteiger partial charge on any atom is -0.402 e. The number of hydrogen-bond acceptors (Lipinski definition) is 1. The van der Waals surface area contributed by atoms with E-state index in [-0.39, 0.29) is 0 Å². The van der Waals surface area contributed by atoms with E-state index in [0.29, 0.717) is 0 Å². The van der Waals surface area contributed by atoms with E-state index in [9.17, 15) is 0 Å². The van der Waals surface area contributed by atoms with Crippen LogP contribution in [-0.4, -0.2) is 0 Å². The fourth-order valence-electron chi connectivity index (χ4n) is 1.14. The normalized spacial score (nSPS) is 12.2. The summed E-state index contributed by atoms with van der Waals surface area (Å²) in [7, 11) is 0. The molecule has 0 aliphatic rings. The van der Waals surface area contributed by atoms with Gasteiger partial charge in [-0.25, -0.2) is 0 Å². The first kappa shape index (κ1) is 9.87. The Morgan fingerprint density at radius 2 is 1.92 bits per heavy atom. The summed E-state index contributed by atoms with van der Waals surface area (Å²) in [6, 6.07) is 7.53. The minimum absolute atomic E-state index is 0.724. The zero-order valence-electron chi connectivity index (χ0n) is 7.55. The zero-order chi connectivity index (χ0) is 9.84. The SMILES string of the molecule is C=C/C(=C(\C)N)c1ccc(Cl)cc1. The molecule has 0 fully saturated rings. The van der Waals surface area contributed by atoms with Gasteiger partial charge in [0.15, 0.2) is 0 Å². The molecule has 0 unspecified atom stereocenters. The molecule has 1 rings (SSSR count). The highest BCUT2D eigenvalue weighted by Gasteiger charge is 1.99. The van der Waals surface area contributed by atoms with Gasteiger partial charge in [-0.3, -0.25) is 0 Å². The Bertz CT molecular complexity index is 332. The highest BCUT2D eigenvalue weighted by Crippen LogP contribution is 2.19. The van der Waals surface area contributed by atoms with Crippen LogP contribution >= 0.6 is 11.6 Å². The van der Waals surface area contributed by atoms with E-state index < -0.39 is 0 Å². The number of allylic oxidation sites excluding steroid dienone is 3. The van der Waals surface area contributed by atoms with Gasteiger partial charge >= 0.3 is 0 Å². The molecule has 0 saturated carbocycles. The second-order valence-corrected chi connectivity index (χ2v) is 3.24. The van der Waals surface area contributed by atoms with Crippen LogP contribution in [0.25, 0.3) is 5.57 Å². The highest BCUT2D eigenvalue weighted by molar-refractivity contribution is 6.30. The van der Waals surface area contributed by atoms with E-state index in [0.717, 1.165) is 21.9 Å². The summed E-state index contributed by atoms with van der Waals surface area (Å²) in [5.41, 5.74) is 8.45. The number of rotatable bonds is 2. The number of hydrogen-bond donors (Lipinski definition) is 1. The van der Waals surface area contributed by atoms with E-state index in [1.165, 1.54) is 0 Å². The Balaban J connectivity index is 3.15. The standard InChI is InChI=1S/C11H12ClN/c1-3-11(8(2)13)9-4-6-10(12)7-5-9/h3-7H,1,13H2,2H3/b11-8-. The summed E-state index contributed by atoms with van der Waals surface area (Å²) in [5, 5.41) is 0.724. The summed E-state index contributed by atoms with van der Waals surface area (Å²) in [5.74, 6) is 0. The average Bonchev–Trinajstić information content (AvgIpc) is 2.09. The van der Waals surface area contributed by atoms with Gasteiger partial charge in [0, 0.05) is 10.7 Å². The van der Waals surface area contributed by atoms with Crippen LogP contribution in [0.15, 0.2) is 42.6 Å². The van der Waals surface area contributed by atoms with Crippen LogP contribution in [0.3, 0.4) is 0 Å². The van der Waals surface area contributed by atoms with Gasteiger partial charge in [-0.05, 0) is 30.2 Å². The van der Waals surface area contributed by atoms with Crippen LogP contribution in [0.1, 0.15) is 12.5 Å². The molecule has 0 atom stereocenters. The lowest BCUT2D eigenvalue weighted by atomic mass is 10.0.